The minimum atomic E-state index is -0.808. The average molecular weight is 458 g/mol. The highest BCUT2D eigenvalue weighted by Crippen LogP contribution is 2.27. The molecule has 0 unspecified atom stereocenters. The summed E-state index contributed by atoms with van der Waals surface area (Å²) in [7, 11) is 0. The van der Waals surface area contributed by atoms with Gasteiger partial charge in [-0.15, -0.1) is 0 Å². The van der Waals surface area contributed by atoms with E-state index in [-0.39, 0.29) is 17.9 Å². The van der Waals surface area contributed by atoms with Crippen molar-refractivity contribution >= 4 is 35.6 Å². The van der Waals surface area contributed by atoms with Gasteiger partial charge in [0.05, 0.1) is 17.9 Å². The number of benzene rings is 2. The number of hydrogen-bond donors (Lipinski definition) is 1. The lowest BCUT2D eigenvalue weighted by atomic mass is 10.1. The standard InChI is InChI=1S/C26H22N2O6/c1-4-33-25(31)18-8-6-17(7-9-18)22-12-11-20(34-22)14-21-23(29)27-26(32)28(24(21)30)19-10-5-15(2)16(3)13-19/h5-14H,4H2,1-3H3,(H,27,29,32)/b21-14+. The predicted octanol–water partition coefficient (Wildman–Crippen LogP) is 4.41. The van der Waals surface area contributed by atoms with Crippen LogP contribution in [0, 0.1) is 13.8 Å². The molecule has 1 aromatic heterocycles. The highest BCUT2D eigenvalue weighted by atomic mass is 16.5. The van der Waals surface area contributed by atoms with Crippen LogP contribution >= 0.6 is 0 Å². The monoisotopic (exact) mass is 458 g/mol. The summed E-state index contributed by atoms with van der Waals surface area (Å²) < 4.78 is 10.8. The molecule has 4 rings (SSSR count). The van der Waals surface area contributed by atoms with Crippen LogP contribution in [0.25, 0.3) is 17.4 Å². The van der Waals surface area contributed by atoms with Crippen molar-refractivity contribution in [3.63, 3.8) is 0 Å². The summed E-state index contributed by atoms with van der Waals surface area (Å²) in [6.45, 7) is 5.82. The van der Waals surface area contributed by atoms with Crippen LogP contribution in [-0.2, 0) is 14.3 Å². The first-order valence-corrected chi connectivity index (χ1v) is 10.6. The van der Waals surface area contributed by atoms with Crippen molar-refractivity contribution in [1.82, 2.24) is 5.32 Å². The second-order valence-electron chi connectivity index (χ2n) is 7.73. The highest BCUT2D eigenvalue weighted by molar-refractivity contribution is 6.39. The Hall–Kier alpha value is -4.46. The Labute approximate surface area is 195 Å². The molecule has 0 radical (unpaired) electrons. The molecule has 4 amide bonds. The van der Waals surface area contributed by atoms with E-state index < -0.39 is 23.8 Å². The van der Waals surface area contributed by atoms with Crippen LogP contribution in [0.1, 0.15) is 34.2 Å². The number of aryl methyl sites for hydroxylation is 2. The summed E-state index contributed by atoms with van der Waals surface area (Å²) in [5, 5.41) is 2.20. The zero-order valence-corrected chi connectivity index (χ0v) is 18.9. The number of esters is 1. The second-order valence-corrected chi connectivity index (χ2v) is 7.73. The van der Waals surface area contributed by atoms with E-state index >= 15 is 0 Å². The highest BCUT2D eigenvalue weighted by Gasteiger charge is 2.37. The number of carbonyl (C=O) groups is 4. The zero-order valence-electron chi connectivity index (χ0n) is 18.9. The molecule has 1 saturated heterocycles. The number of ether oxygens (including phenoxy) is 1. The van der Waals surface area contributed by atoms with Crippen molar-refractivity contribution in [2.45, 2.75) is 20.8 Å². The number of hydrogen-bond acceptors (Lipinski definition) is 6. The predicted molar refractivity (Wildman–Crippen MR) is 125 cm³/mol. The fraction of sp³-hybridized carbons (Fsp3) is 0.154. The largest absolute Gasteiger partial charge is 0.462 e. The molecule has 1 aliphatic rings. The van der Waals surface area contributed by atoms with Crippen LogP contribution < -0.4 is 10.2 Å². The first kappa shape index (κ1) is 22.7. The number of rotatable bonds is 5. The molecule has 0 spiro atoms. The van der Waals surface area contributed by atoms with E-state index in [1.807, 2.05) is 13.8 Å². The molecule has 1 fully saturated rings. The van der Waals surface area contributed by atoms with Gasteiger partial charge in [0, 0.05) is 5.56 Å². The summed E-state index contributed by atoms with van der Waals surface area (Å²) in [5.41, 5.74) is 3.18. The molecule has 8 nitrogen and oxygen atoms in total. The minimum Gasteiger partial charge on any atom is -0.462 e. The van der Waals surface area contributed by atoms with Gasteiger partial charge in [0.2, 0.25) is 0 Å². The number of amides is 4. The fourth-order valence-electron chi connectivity index (χ4n) is 3.47. The molecule has 172 valence electrons. The Balaban J connectivity index is 1.60. The number of carbonyl (C=O) groups excluding carboxylic acids is 4. The van der Waals surface area contributed by atoms with Gasteiger partial charge in [0.1, 0.15) is 17.1 Å². The van der Waals surface area contributed by atoms with Gasteiger partial charge in [-0.1, -0.05) is 18.2 Å². The molecule has 2 heterocycles. The fourth-order valence-corrected chi connectivity index (χ4v) is 3.47. The minimum absolute atomic E-state index is 0.226. The summed E-state index contributed by atoms with van der Waals surface area (Å²) in [4.78, 5) is 50.6. The van der Waals surface area contributed by atoms with Crippen molar-refractivity contribution in [3.05, 3.63) is 82.6 Å². The van der Waals surface area contributed by atoms with Gasteiger partial charge in [0.15, 0.2) is 0 Å². The van der Waals surface area contributed by atoms with Crippen LogP contribution in [0.5, 0.6) is 0 Å². The van der Waals surface area contributed by atoms with Gasteiger partial charge in [-0.05, 0) is 74.4 Å². The first-order valence-electron chi connectivity index (χ1n) is 10.6. The molecule has 0 saturated carbocycles. The average Bonchev–Trinajstić information content (AvgIpc) is 3.28. The molecule has 0 bridgehead atoms. The van der Waals surface area contributed by atoms with Crippen LogP contribution in [0.4, 0.5) is 10.5 Å². The Kier molecular flexibility index (Phi) is 6.14. The van der Waals surface area contributed by atoms with Gasteiger partial charge in [0.25, 0.3) is 11.8 Å². The number of imide groups is 2. The van der Waals surface area contributed by atoms with Crippen molar-refractivity contribution < 1.29 is 28.3 Å². The Bertz CT molecular complexity index is 1330. The number of urea groups is 1. The lowest BCUT2D eigenvalue weighted by Crippen LogP contribution is -2.54. The number of anilines is 1. The second kappa shape index (κ2) is 9.19. The normalized spacial score (nSPS) is 15.0. The van der Waals surface area contributed by atoms with Gasteiger partial charge in [-0.3, -0.25) is 14.9 Å². The van der Waals surface area contributed by atoms with Crippen molar-refractivity contribution in [2.24, 2.45) is 0 Å². The third kappa shape index (κ3) is 4.38. The number of nitrogens with one attached hydrogen (secondary N) is 1. The maximum absolute atomic E-state index is 13.1. The molecule has 2 aromatic carbocycles. The van der Waals surface area contributed by atoms with E-state index in [1.165, 1.54) is 6.08 Å². The molecule has 8 heteroatoms. The summed E-state index contributed by atoms with van der Waals surface area (Å²) in [6.07, 6.45) is 1.30. The summed E-state index contributed by atoms with van der Waals surface area (Å²) in [6, 6.07) is 14.3. The third-order valence-corrected chi connectivity index (χ3v) is 5.44. The summed E-state index contributed by atoms with van der Waals surface area (Å²) in [5.74, 6) is -1.21. The van der Waals surface area contributed by atoms with Crippen LogP contribution in [0.3, 0.4) is 0 Å². The maximum atomic E-state index is 13.1. The number of furan rings is 1. The van der Waals surface area contributed by atoms with Gasteiger partial charge in [-0.25, -0.2) is 14.5 Å². The van der Waals surface area contributed by atoms with Gasteiger partial charge >= 0.3 is 12.0 Å². The van der Waals surface area contributed by atoms with E-state index in [2.05, 4.69) is 5.32 Å². The molecule has 0 aliphatic carbocycles. The first-order chi connectivity index (χ1) is 16.3. The lowest BCUT2D eigenvalue weighted by Gasteiger charge is -2.26. The Morgan fingerprint density at radius 3 is 2.41 bits per heavy atom. The van der Waals surface area contributed by atoms with Crippen molar-refractivity contribution in [1.29, 1.82) is 0 Å². The van der Waals surface area contributed by atoms with E-state index in [0.717, 1.165) is 16.0 Å². The zero-order chi connectivity index (χ0) is 24.4. The topological polar surface area (TPSA) is 106 Å². The molecule has 1 aliphatic heterocycles. The quantitative estimate of drug-likeness (QED) is 0.345. The molecule has 0 atom stereocenters. The SMILES string of the molecule is CCOC(=O)c1ccc(-c2ccc(/C=C3\C(=O)NC(=O)N(c4ccc(C)c(C)c4)C3=O)o2)cc1. The van der Waals surface area contributed by atoms with Crippen LogP contribution in [0.15, 0.2) is 64.6 Å². The van der Waals surface area contributed by atoms with Gasteiger partial charge in [-0.2, -0.15) is 0 Å². The van der Waals surface area contributed by atoms with Crippen LogP contribution in [0.2, 0.25) is 0 Å². The number of barbiturate groups is 1. The van der Waals surface area contributed by atoms with Crippen molar-refractivity contribution in [3.8, 4) is 11.3 Å². The molecule has 34 heavy (non-hydrogen) atoms. The maximum Gasteiger partial charge on any atom is 0.338 e. The van der Waals surface area contributed by atoms with E-state index in [4.69, 9.17) is 9.15 Å². The third-order valence-electron chi connectivity index (χ3n) is 5.44. The molecule has 1 N–H and O–H groups in total. The molecular weight excluding hydrogens is 436 g/mol. The van der Waals surface area contributed by atoms with E-state index in [1.54, 1.807) is 61.5 Å². The van der Waals surface area contributed by atoms with Crippen molar-refractivity contribution in [2.75, 3.05) is 11.5 Å². The van der Waals surface area contributed by atoms with Crippen LogP contribution in [-0.4, -0.2) is 30.4 Å². The molecule has 3 aromatic rings. The molecular formula is C26H22N2O6. The Morgan fingerprint density at radius 2 is 1.74 bits per heavy atom. The smallest absolute Gasteiger partial charge is 0.338 e. The van der Waals surface area contributed by atoms with E-state index in [9.17, 15) is 19.2 Å². The Morgan fingerprint density at radius 1 is 1.00 bits per heavy atom. The van der Waals surface area contributed by atoms with Gasteiger partial charge < -0.3 is 9.15 Å². The summed E-state index contributed by atoms with van der Waals surface area (Å²) >= 11 is 0. The lowest BCUT2D eigenvalue weighted by molar-refractivity contribution is -0.122. The van der Waals surface area contributed by atoms with E-state index in [0.29, 0.717) is 22.6 Å². The number of nitrogens with zero attached hydrogens (tertiary/aromatic N) is 1.